The molecule has 0 aliphatic carbocycles. The minimum absolute atomic E-state index is 0.204. The number of hydrogen-bond donors (Lipinski definition) is 3. The molecular weight excluding hydrogens is 258 g/mol. The molecule has 1 aromatic heterocycles. The maximum Gasteiger partial charge on any atom is 0.272 e. The van der Waals surface area contributed by atoms with E-state index in [9.17, 15) is 9.59 Å². The summed E-state index contributed by atoms with van der Waals surface area (Å²) < 4.78 is 1.54. The summed E-state index contributed by atoms with van der Waals surface area (Å²) >= 11 is 0. The van der Waals surface area contributed by atoms with Crippen LogP contribution in [-0.2, 0) is 4.79 Å². The molecule has 7 heteroatoms. The molecule has 0 radical (unpaired) electrons. The number of nitrogen functional groups attached to an aromatic ring is 1. The Labute approximate surface area is 115 Å². The SMILES string of the molecule is CC(NC(=O)c1ccn(-c2ccc(N)cc2)n1)C(N)=O. The molecule has 2 rings (SSSR count). The fraction of sp³-hybridized carbons (Fsp3) is 0.154. The molecule has 0 spiro atoms. The van der Waals surface area contributed by atoms with Gasteiger partial charge < -0.3 is 16.8 Å². The van der Waals surface area contributed by atoms with Crippen molar-refractivity contribution in [1.29, 1.82) is 0 Å². The highest BCUT2D eigenvalue weighted by atomic mass is 16.2. The number of aromatic nitrogens is 2. The lowest BCUT2D eigenvalue weighted by atomic mass is 10.3. The summed E-state index contributed by atoms with van der Waals surface area (Å²) in [5, 5.41) is 6.59. The number of nitrogens with zero attached hydrogens (tertiary/aromatic N) is 2. The molecular formula is C13H15N5O2. The Morgan fingerprint density at radius 3 is 2.50 bits per heavy atom. The lowest BCUT2D eigenvalue weighted by Gasteiger charge is -2.08. The second kappa shape index (κ2) is 5.43. The van der Waals surface area contributed by atoms with E-state index in [2.05, 4.69) is 10.4 Å². The quantitative estimate of drug-likeness (QED) is 0.683. The average Bonchev–Trinajstić information content (AvgIpc) is 2.89. The van der Waals surface area contributed by atoms with Gasteiger partial charge in [0.2, 0.25) is 5.91 Å². The van der Waals surface area contributed by atoms with Crippen molar-refractivity contribution in [2.24, 2.45) is 5.73 Å². The number of nitrogens with one attached hydrogen (secondary N) is 1. The van der Waals surface area contributed by atoms with Gasteiger partial charge in [-0.25, -0.2) is 4.68 Å². The van der Waals surface area contributed by atoms with E-state index in [1.165, 1.54) is 6.92 Å². The van der Waals surface area contributed by atoms with Gasteiger partial charge in [-0.15, -0.1) is 0 Å². The zero-order valence-corrected chi connectivity index (χ0v) is 10.9. The fourth-order valence-corrected chi connectivity index (χ4v) is 1.56. The lowest BCUT2D eigenvalue weighted by molar-refractivity contribution is -0.119. The molecule has 0 aliphatic rings. The predicted octanol–water partition coefficient (Wildman–Crippen LogP) is 0.0581. The fourth-order valence-electron chi connectivity index (χ4n) is 1.56. The molecule has 5 N–H and O–H groups in total. The van der Waals surface area contributed by atoms with Crippen LogP contribution in [-0.4, -0.2) is 27.6 Å². The molecule has 1 heterocycles. The van der Waals surface area contributed by atoms with Crippen molar-refractivity contribution < 1.29 is 9.59 Å². The van der Waals surface area contributed by atoms with Crippen molar-refractivity contribution in [2.45, 2.75) is 13.0 Å². The lowest BCUT2D eigenvalue weighted by Crippen LogP contribution is -2.42. The molecule has 104 valence electrons. The van der Waals surface area contributed by atoms with Crippen LogP contribution in [0.4, 0.5) is 5.69 Å². The summed E-state index contributed by atoms with van der Waals surface area (Å²) in [7, 11) is 0. The summed E-state index contributed by atoms with van der Waals surface area (Å²) in [6, 6.07) is 7.87. The van der Waals surface area contributed by atoms with Crippen molar-refractivity contribution in [3.8, 4) is 5.69 Å². The molecule has 0 saturated carbocycles. The number of benzene rings is 1. The highest BCUT2D eigenvalue weighted by Gasteiger charge is 2.15. The summed E-state index contributed by atoms with van der Waals surface area (Å²) in [5.41, 5.74) is 12.3. The van der Waals surface area contributed by atoms with Crippen molar-refractivity contribution in [2.75, 3.05) is 5.73 Å². The zero-order valence-electron chi connectivity index (χ0n) is 10.9. The number of amides is 2. The number of carbonyl (C=O) groups excluding carboxylic acids is 2. The zero-order chi connectivity index (χ0) is 14.7. The monoisotopic (exact) mass is 273 g/mol. The third kappa shape index (κ3) is 2.94. The van der Waals surface area contributed by atoms with Crippen molar-refractivity contribution in [3.63, 3.8) is 0 Å². The molecule has 0 aliphatic heterocycles. The van der Waals surface area contributed by atoms with Crippen LogP contribution in [0.3, 0.4) is 0 Å². The van der Waals surface area contributed by atoms with E-state index in [4.69, 9.17) is 11.5 Å². The van der Waals surface area contributed by atoms with Gasteiger partial charge in [0, 0.05) is 11.9 Å². The predicted molar refractivity (Wildman–Crippen MR) is 74.1 cm³/mol. The Bertz CT molecular complexity index is 632. The van der Waals surface area contributed by atoms with Crippen LogP contribution in [0.1, 0.15) is 17.4 Å². The summed E-state index contributed by atoms with van der Waals surface area (Å²) in [5.74, 6) is -1.05. The first-order valence-corrected chi connectivity index (χ1v) is 5.99. The van der Waals surface area contributed by atoms with Crippen LogP contribution in [0.15, 0.2) is 36.5 Å². The Hall–Kier alpha value is -2.83. The van der Waals surface area contributed by atoms with Crippen LogP contribution >= 0.6 is 0 Å². The van der Waals surface area contributed by atoms with Crippen molar-refractivity contribution in [3.05, 3.63) is 42.2 Å². The highest BCUT2D eigenvalue weighted by Crippen LogP contribution is 2.10. The second-order valence-corrected chi connectivity index (χ2v) is 4.33. The van der Waals surface area contributed by atoms with Gasteiger partial charge in [-0.2, -0.15) is 5.10 Å². The van der Waals surface area contributed by atoms with E-state index in [-0.39, 0.29) is 5.69 Å². The normalized spacial score (nSPS) is 11.8. The maximum absolute atomic E-state index is 11.8. The van der Waals surface area contributed by atoms with Crippen molar-refractivity contribution in [1.82, 2.24) is 15.1 Å². The van der Waals surface area contributed by atoms with Gasteiger partial charge in [0.25, 0.3) is 5.91 Å². The Morgan fingerprint density at radius 2 is 1.90 bits per heavy atom. The molecule has 20 heavy (non-hydrogen) atoms. The third-order valence-corrected chi connectivity index (χ3v) is 2.75. The highest BCUT2D eigenvalue weighted by molar-refractivity contribution is 5.95. The topological polar surface area (TPSA) is 116 Å². The van der Waals surface area contributed by atoms with Gasteiger partial charge in [-0.05, 0) is 37.3 Å². The molecule has 1 atom stereocenters. The van der Waals surface area contributed by atoms with Crippen LogP contribution in [0.25, 0.3) is 5.69 Å². The van der Waals surface area contributed by atoms with Crippen LogP contribution in [0, 0.1) is 0 Å². The number of anilines is 1. The minimum Gasteiger partial charge on any atom is -0.399 e. The molecule has 0 bridgehead atoms. The van der Waals surface area contributed by atoms with E-state index < -0.39 is 17.9 Å². The van der Waals surface area contributed by atoms with Gasteiger partial charge in [0.05, 0.1) is 5.69 Å². The number of hydrogen-bond acceptors (Lipinski definition) is 4. The molecule has 1 aromatic carbocycles. The van der Waals surface area contributed by atoms with E-state index >= 15 is 0 Å². The first kappa shape index (κ1) is 13.6. The van der Waals surface area contributed by atoms with Gasteiger partial charge in [-0.3, -0.25) is 9.59 Å². The molecule has 0 saturated heterocycles. The number of primary amides is 1. The summed E-state index contributed by atoms with van der Waals surface area (Å²) in [6.45, 7) is 1.51. The van der Waals surface area contributed by atoms with Gasteiger partial charge in [0.15, 0.2) is 5.69 Å². The van der Waals surface area contributed by atoms with Gasteiger partial charge >= 0.3 is 0 Å². The van der Waals surface area contributed by atoms with Gasteiger partial charge in [-0.1, -0.05) is 0 Å². The van der Waals surface area contributed by atoms with E-state index in [1.807, 2.05) is 0 Å². The molecule has 1 unspecified atom stereocenters. The summed E-state index contributed by atoms with van der Waals surface area (Å²) in [4.78, 5) is 22.7. The standard InChI is InChI=1S/C13H15N5O2/c1-8(12(15)19)16-13(20)11-6-7-18(17-11)10-4-2-9(14)3-5-10/h2-8H,14H2,1H3,(H2,15,19)(H,16,20). The van der Waals surface area contributed by atoms with Crippen LogP contribution in [0.5, 0.6) is 0 Å². The van der Waals surface area contributed by atoms with E-state index in [1.54, 1.807) is 41.2 Å². The molecule has 2 amide bonds. The number of rotatable bonds is 4. The average molecular weight is 273 g/mol. The first-order chi connectivity index (χ1) is 9.47. The largest absolute Gasteiger partial charge is 0.399 e. The van der Waals surface area contributed by atoms with E-state index in [0.717, 1.165) is 5.69 Å². The van der Waals surface area contributed by atoms with Crippen LogP contribution in [0.2, 0.25) is 0 Å². The first-order valence-electron chi connectivity index (χ1n) is 5.99. The molecule has 7 nitrogen and oxygen atoms in total. The number of nitrogens with two attached hydrogens (primary N) is 2. The third-order valence-electron chi connectivity index (χ3n) is 2.75. The van der Waals surface area contributed by atoms with Gasteiger partial charge in [0.1, 0.15) is 6.04 Å². The minimum atomic E-state index is -0.746. The smallest absolute Gasteiger partial charge is 0.272 e. The maximum atomic E-state index is 11.8. The Morgan fingerprint density at radius 1 is 1.25 bits per heavy atom. The van der Waals surface area contributed by atoms with Crippen LogP contribution < -0.4 is 16.8 Å². The van der Waals surface area contributed by atoms with E-state index in [0.29, 0.717) is 5.69 Å². The number of carbonyl (C=O) groups is 2. The second-order valence-electron chi connectivity index (χ2n) is 4.33. The Kier molecular flexibility index (Phi) is 3.69. The molecule has 2 aromatic rings. The molecule has 0 fully saturated rings. The van der Waals surface area contributed by atoms with Crippen molar-refractivity contribution >= 4 is 17.5 Å². The Balaban J connectivity index is 2.14. The summed E-state index contributed by atoms with van der Waals surface area (Å²) in [6.07, 6.45) is 1.65.